The van der Waals surface area contributed by atoms with Gasteiger partial charge in [-0.25, -0.2) is 0 Å². The van der Waals surface area contributed by atoms with Crippen LogP contribution in [0.5, 0.6) is 0 Å². The van der Waals surface area contributed by atoms with E-state index in [9.17, 15) is 4.79 Å². The molecular weight excluding hydrogens is 246 g/mol. The van der Waals surface area contributed by atoms with Gasteiger partial charge in [0.2, 0.25) is 11.8 Å². The van der Waals surface area contributed by atoms with Crippen LogP contribution in [0, 0.1) is 6.92 Å². The Balaban J connectivity index is 1.87. The van der Waals surface area contributed by atoms with Crippen molar-refractivity contribution in [3.8, 4) is 0 Å². The number of hydrogen-bond donors (Lipinski definition) is 1. The normalized spacial score (nSPS) is 15.9. The van der Waals surface area contributed by atoms with Gasteiger partial charge in [-0.1, -0.05) is 18.0 Å². The van der Waals surface area contributed by atoms with E-state index in [1.165, 1.54) is 12.8 Å². The fourth-order valence-corrected chi connectivity index (χ4v) is 2.63. The van der Waals surface area contributed by atoms with Gasteiger partial charge in [0.05, 0.1) is 6.61 Å². The molecule has 6 heteroatoms. The Morgan fingerprint density at radius 3 is 2.79 bits per heavy atom. The van der Waals surface area contributed by atoms with Gasteiger partial charge in [0.25, 0.3) is 0 Å². The summed E-state index contributed by atoms with van der Waals surface area (Å²) in [6, 6.07) is 0.295. The highest BCUT2D eigenvalue weighted by Gasteiger charge is 2.26. The van der Waals surface area contributed by atoms with Gasteiger partial charge in [0.1, 0.15) is 0 Å². The van der Waals surface area contributed by atoms with E-state index in [1.54, 1.807) is 6.92 Å². The minimum atomic E-state index is 0.0158. The lowest BCUT2D eigenvalue weighted by Crippen LogP contribution is -2.40. The minimum absolute atomic E-state index is 0.0158. The quantitative estimate of drug-likeness (QED) is 0.834. The Hall–Kier alpha value is -1.43. The zero-order valence-corrected chi connectivity index (χ0v) is 11.3. The molecule has 0 aliphatic heterocycles. The van der Waals surface area contributed by atoms with Gasteiger partial charge in [-0.2, -0.15) is 4.98 Å². The molecule has 0 atom stereocenters. The number of aryl methyl sites for hydroxylation is 2. The maximum Gasteiger partial charge on any atom is 0.227 e. The molecule has 0 unspecified atom stereocenters. The fraction of sp³-hybridized carbons (Fsp3) is 0.769. The Kier molecular flexibility index (Phi) is 4.90. The fourth-order valence-electron chi connectivity index (χ4n) is 2.63. The summed E-state index contributed by atoms with van der Waals surface area (Å²) in [5.41, 5.74) is 0. The van der Waals surface area contributed by atoms with E-state index in [2.05, 4.69) is 10.1 Å². The van der Waals surface area contributed by atoms with Crippen LogP contribution in [0.25, 0.3) is 0 Å². The molecule has 1 aromatic heterocycles. The van der Waals surface area contributed by atoms with Crippen LogP contribution in [-0.2, 0) is 11.2 Å². The van der Waals surface area contributed by atoms with E-state index in [-0.39, 0.29) is 12.5 Å². The second kappa shape index (κ2) is 6.65. The number of aliphatic hydroxyl groups excluding tert-OH is 1. The molecule has 0 spiro atoms. The lowest BCUT2D eigenvalue weighted by Gasteiger charge is -2.28. The van der Waals surface area contributed by atoms with E-state index >= 15 is 0 Å². The number of hydrogen-bond acceptors (Lipinski definition) is 5. The van der Waals surface area contributed by atoms with Gasteiger partial charge in [-0.15, -0.1) is 0 Å². The van der Waals surface area contributed by atoms with Gasteiger partial charge in [0.15, 0.2) is 5.82 Å². The van der Waals surface area contributed by atoms with E-state index < -0.39 is 0 Å². The first-order valence-corrected chi connectivity index (χ1v) is 6.90. The molecule has 1 saturated carbocycles. The van der Waals surface area contributed by atoms with Crippen LogP contribution in [0.4, 0.5) is 0 Å². The van der Waals surface area contributed by atoms with Gasteiger partial charge in [-0.05, 0) is 19.8 Å². The number of rotatable bonds is 6. The first-order chi connectivity index (χ1) is 9.20. The van der Waals surface area contributed by atoms with Crippen LogP contribution in [-0.4, -0.2) is 45.2 Å². The molecule has 1 aliphatic carbocycles. The molecular formula is C13H21N3O3. The predicted molar refractivity (Wildman–Crippen MR) is 68.4 cm³/mol. The summed E-state index contributed by atoms with van der Waals surface area (Å²) in [5.74, 6) is 1.16. The Labute approximate surface area is 112 Å². The number of carbonyl (C=O) groups excluding carboxylic acids is 1. The molecule has 1 heterocycles. The average molecular weight is 267 g/mol. The number of aromatic nitrogens is 2. The SMILES string of the molecule is Cc1noc(CCC(=O)N(CCO)C2CCCC2)n1. The van der Waals surface area contributed by atoms with Crippen molar-refractivity contribution in [2.75, 3.05) is 13.2 Å². The zero-order valence-electron chi connectivity index (χ0n) is 11.3. The number of nitrogens with zero attached hydrogens (tertiary/aromatic N) is 3. The molecule has 1 aromatic rings. The van der Waals surface area contributed by atoms with Gasteiger partial charge in [-0.3, -0.25) is 4.79 Å². The highest BCUT2D eigenvalue weighted by atomic mass is 16.5. The Morgan fingerprint density at radius 2 is 2.21 bits per heavy atom. The van der Waals surface area contributed by atoms with Crippen LogP contribution in [0.3, 0.4) is 0 Å². The van der Waals surface area contributed by atoms with Crippen molar-refractivity contribution in [3.63, 3.8) is 0 Å². The summed E-state index contributed by atoms with van der Waals surface area (Å²) in [5, 5.41) is 12.8. The highest BCUT2D eigenvalue weighted by molar-refractivity contribution is 5.76. The molecule has 1 amide bonds. The third-order valence-electron chi connectivity index (χ3n) is 3.55. The van der Waals surface area contributed by atoms with Crippen LogP contribution in [0.1, 0.15) is 43.8 Å². The molecule has 1 fully saturated rings. The summed E-state index contributed by atoms with van der Waals surface area (Å²) < 4.78 is 5.00. The van der Waals surface area contributed by atoms with E-state index in [0.717, 1.165) is 12.8 Å². The molecule has 6 nitrogen and oxygen atoms in total. The van der Waals surface area contributed by atoms with Crippen LogP contribution < -0.4 is 0 Å². The van der Waals surface area contributed by atoms with Crippen molar-refractivity contribution in [2.45, 2.75) is 51.5 Å². The molecule has 1 N–H and O–H groups in total. The van der Waals surface area contributed by atoms with Gasteiger partial charge < -0.3 is 14.5 Å². The third kappa shape index (κ3) is 3.76. The molecule has 1 aliphatic rings. The molecule has 106 valence electrons. The topological polar surface area (TPSA) is 79.5 Å². The Morgan fingerprint density at radius 1 is 1.47 bits per heavy atom. The standard InChI is InChI=1S/C13H21N3O3/c1-10-14-12(19-15-10)6-7-13(18)16(8-9-17)11-4-2-3-5-11/h11,17H,2-9H2,1H3. The second-order valence-corrected chi connectivity index (χ2v) is 4.98. The summed E-state index contributed by atoms with van der Waals surface area (Å²) in [4.78, 5) is 18.1. The maximum atomic E-state index is 12.2. The van der Waals surface area contributed by atoms with Crippen molar-refractivity contribution in [1.82, 2.24) is 15.0 Å². The molecule has 0 radical (unpaired) electrons. The van der Waals surface area contributed by atoms with Crippen molar-refractivity contribution < 1.29 is 14.4 Å². The number of amides is 1. The predicted octanol–water partition coefficient (Wildman–Crippen LogP) is 1.07. The summed E-state index contributed by atoms with van der Waals surface area (Å²) in [6.45, 7) is 2.19. The summed E-state index contributed by atoms with van der Waals surface area (Å²) >= 11 is 0. The average Bonchev–Trinajstić information content (AvgIpc) is 3.04. The van der Waals surface area contributed by atoms with Gasteiger partial charge >= 0.3 is 0 Å². The molecule has 0 bridgehead atoms. The third-order valence-corrected chi connectivity index (χ3v) is 3.55. The van der Waals surface area contributed by atoms with Crippen LogP contribution in [0.2, 0.25) is 0 Å². The Bertz CT molecular complexity index is 413. The first kappa shape index (κ1) is 14.0. The molecule has 0 saturated heterocycles. The lowest BCUT2D eigenvalue weighted by atomic mass is 10.1. The lowest BCUT2D eigenvalue weighted by molar-refractivity contribution is -0.134. The monoisotopic (exact) mass is 267 g/mol. The smallest absolute Gasteiger partial charge is 0.227 e. The molecule has 2 rings (SSSR count). The zero-order chi connectivity index (χ0) is 13.7. The largest absolute Gasteiger partial charge is 0.395 e. The first-order valence-electron chi connectivity index (χ1n) is 6.90. The van der Waals surface area contributed by atoms with Crippen molar-refractivity contribution >= 4 is 5.91 Å². The van der Waals surface area contributed by atoms with Crippen LogP contribution >= 0.6 is 0 Å². The molecule has 0 aromatic carbocycles. The van der Waals surface area contributed by atoms with E-state index in [1.807, 2.05) is 4.90 Å². The van der Waals surface area contributed by atoms with E-state index in [4.69, 9.17) is 9.63 Å². The summed E-state index contributed by atoms with van der Waals surface area (Å²) in [6.07, 6.45) is 5.26. The van der Waals surface area contributed by atoms with Gasteiger partial charge in [0, 0.05) is 25.4 Å². The summed E-state index contributed by atoms with van der Waals surface area (Å²) in [7, 11) is 0. The van der Waals surface area contributed by atoms with Crippen LogP contribution in [0.15, 0.2) is 4.52 Å². The van der Waals surface area contributed by atoms with Crippen molar-refractivity contribution in [3.05, 3.63) is 11.7 Å². The second-order valence-electron chi connectivity index (χ2n) is 4.98. The number of aliphatic hydroxyl groups is 1. The highest BCUT2D eigenvalue weighted by Crippen LogP contribution is 2.24. The maximum absolute atomic E-state index is 12.2. The van der Waals surface area contributed by atoms with E-state index in [0.29, 0.717) is 37.1 Å². The molecule has 19 heavy (non-hydrogen) atoms. The number of carbonyl (C=O) groups is 1. The minimum Gasteiger partial charge on any atom is -0.395 e. The van der Waals surface area contributed by atoms with Crippen molar-refractivity contribution in [1.29, 1.82) is 0 Å². The van der Waals surface area contributed by atoms with Crippen molar-refractivity contribution in [2.24, 2.45) is 0 Å².